The van der Waals surface area contributed by atoms with Gasteiger partial charge in [0.05, 0.1) is 11.3 Å². The van der Waals surface area contributed by atoms with Gasteiger partial charge in [0.1, 0.15) is 17.2 Å². The van der Waals surface area contributed by atoms with Crippen LogP contribution in [0.3, 0.4) is 0 Å². The molecule has 1 aliphatic rings. The van der Waals surface area contributed by atoms with Crippen LogP contribution in [0.4, 0.5) is 11.6 Å². The number of fused-ring (bicyclic) bond motifs is 1. The van der Waals surface area contributed by atoms with E-state index in [9.17, 15) is 19.5 Å². The van der Waals surface area contributed by atoms with Crippen LogP contribution in [0, 0.1) is 19.8 Å². The zero-order valence-electron chi connectivity index (χ0n) is 18.3. The Labute approximate surface area is 197 Å². The van der Waals surface area contributed by atoms with Gasteiger partial charge in [0.15, 0.2) is 10.8 Å². The average molecular weight is 477 g/mol. The molecule has 5 heterocycles. The molecule has 0 saturated carbocycles. The van der Waals surface area contributed by atoms with Gasteiger partial charge in [0.25, 0.3) is 0 Å². The van der Waals surface area contributed by atoms with Gasteiger partial charge in [-0.15, -0.1) is 11.3 Å². The third-order valence-electron chi connectivity index (χ3n) is 5.71. The average Bonchev–Trinajstić information content (AvgIpc) is 3.27. The van der Waals surface area contributed by atoms with Crippen LogP contribution in [0.5, 0.6) is 0 Å². The van der Waals surface area contributed by atoms with Gasteiger partial charge in [-0.2, -0.15) is 0 Å². The number of pyridine rings is 3. The largest absolute Gasteiger partial charge is 0.477 e. The van der Waals surface area contributed by atoms with E-state index < -0.39 is 11.4 Å². The summed E-state index contributed by atoms with van der Waals surface area (Å²) in [4.78, 5) is 52.4. The van der Waals surface area contributed by atoms with Crippen LogP contribution >= 0.6 is 11.3 Å². The van der Waals surface area contributed by atoms with Gasteiger partial charge in [-0.3, -0.25) is 14.2 Å². The Hall–Kier alpha value is -4.12. The Morgan fingerprint density at radius 3 is 2.68 bits per heavy atom. The minimum absolute atomic E-state index is 0.113. The highest BCUT2D eigenvalue weighted by molar-refractivity contribution is 7.12. The first-order valence-corrected chi connectivity index (χ1v) is 11.4. The lowest BCUT2D eigenvalue weighted by Crippen LogP contribution is -2.52. The van der Waals surface area contributed by atoms with Crippen LogP contribution in [0.1, 0.15) is 21.6 Å². The van der Waals surface area contributed by atoms with Crippen molar-refractivity contribution in [3.05, 3.63) is 69.1 Å². The second-order valence-electron chi connectivity index (χ2n) is 8.11. The number of anilines is 2. The highest BCUT2D eigenvalue weighted by Gasteiger charge is 2.34. The predicted molar refractivity (Wildman–Crippen MR) is 128 cm³/mol. The highest BCUT2D eigenvalue weighted by Crippen LogP contribution is 2.29. The third kappa shape index (κ3) is 3.79. The molecule has 1 saturated heterocycles. The highest BCUT2D eigenvalue weighted by atomic mass is 32.1. The van der Waals surface area contributed by atoms with Crippen LogP contribution in [0.25, 0.3) is 16.2 Å². The van der Waals surface area contributed by atoms with Crippen molar-refractivity contribution in [2.45, 2.75) is 13.8 Å². The summed E-state index contributed by atoms with van der Waals surface area (Å²) in [6, 6.07) is 7.19. The van der Waals surface area contributed by atoms with Crippen molar-refractivity contribution in [1.29, 1.82) is 0 Å². The summed E-state index contributed by atoms with van der Waals surface area (Å²) < 4.78 is 1.54. The molecule has 1 aliphatic heterocycles. The minimum Gasteiger partial charge on any atom is -0.477 e. The van der Waals surface area contributed by atoms with Crippen molar-refractivity contribution in [2.24, 2.45) is 5.92 Å². The van der Waals surface area contributed by atoms with Crippen molar-refractivity contribution in [3.63, 3.8) is 0 Å². The molecule has 1 fully saturated rings. The standard InChI is InChI=1S/C23H20N6O4S/c1-12-8-17(28-9-14(10-28)21(31)26-16-5-3-4-13(2)25-16)27-20-18(12)19(30)15(22(32)33)11-29(20)23-24-6-7-34-23/h3-8,11,14H,9-10H2,1-2H3,(H,32,33)(H,25,26,31). The van der Waals surface area contributed by atoms with Crippen LogP contribution in [-0.4, -0.2) is 49.6 Å². The smallest absolute Gasteiger partial charge is 0.341 e. The normalized spacial score (nSPS) is 13.6. The van der Waals surface area contributed by atoms with E-state index in [0.717, 1.165) is 5.69 Å². The van der Waals surface area contributed by atoms with E-state index in [-0.39, 0.29) is 22.8 Å². The van der Waals surface area contributed by atoms with E-state index in [2.05, 4.69) is 20.3 Å². The number of hydrogen-bond donors (Lipinski definition) is 2. The molecule has 172 valence electrons. The van der Waals surface area contributed by atoms with Gasteiger partial charge in [-0.05, 0) is 37.6 Å². The molecule has 34 heavy (non-hydrogen) atoms. The maximum absolute atomic E-state index is 12.9. The fourth-order valence-electron chi connectivity index (χ4n) is 3.94. The zero-order chi connectivity index (χ0) is 24.0. The molecule has 0 unspecified atom stereocenters. The van der Waals surface area contributed by atoms with E-state index in [1.165, 1.54) is 22.1 Å². The molecule has 0 atom stereocenters. The molecule has 0 radical (unpaired) electrons. The number of nitrogens with zero attached hydrogens (tertiary/aromatic N) is 5. The lowest BCUT2D eigenvalue weighted by atomic mass is 9.98. The summed E-state index contributed by atoms with van der Waals surface area (Å²) >= 11 is 1.31. The number of carboxylic acid groups (broad SMARTS) is 1. The number of carbonyl (C=O) groups is 2. The van der Waals surface area contributed by atoms with Crippen LogP contribution in [0.2, 0.25) is 0 Å². The molecule has 0 spiro atoms. The third-order valence-corrected chi connectivity index (χ3v) is 6.48. The molecule has 4 aromatic heterocycles. The van der Waals surface area contributed by atoms with Crippen LogP contribution in [-0.2, 0) is 4.79 Å². The molecule has 5 rings (SSSR count). The van der Waals surface area contributed by atoms with E-state index in [1.54, 1.807) is 30.6 Å². The van der Waals surface area contributed by atoms with E-state index in [4.69, 9.17) is 0 Å². The lowest BCUT2D eigenvalue weighted by molar-refractivity contribution is -0.120. The molecule has 10 nitrogen and oxygen atoms in total. The van der Waals surface area contributed by atoms with Crippen LogP contribution < -0.4 is 15.6 Å². The summed E-state index contributed by atoms with van der Waals surface area (Å²) in [6.45, 7) is 4.54. The summed E-state index contributed by atoms with van der Waals surface area (Å²) in [5, 5.41) is 14.9. The van der Waals surface area contributed by atoms with E-state index in [1.807, 2.05) is 24.0 Å². The number of nitrogens with one attached hydrogen (secondary N) is 1. The second kappa shape index (κ2) is 8.34. The van der Waals surface area contributed by atoms with Crippen molar-refractivity contribution >= 4 is 45.9 Å². The number of rotatable bonds is 5. The molecule has 11 heteroatoms. The van der Waals surface area contributed by atoms with Gasteiger partial charge in [-0.25, -0.2) is 19.7 Å². The number of hydrogen-bond acceptors (Lipinski definition) is 8. The quantitative estimate of drug-likeness (QED) is 0.450. The van der Waals surface area contributed by atoms with E-state index in [0.29, 0.717) is 41.1 Å². The first-order valence-electron chi connectivity index (χ1n) is 10.5. The number of carbonyl (C=O) groups excluding carboxylic acids is 1. The number of aryl methyl sites for hydroxylation is 2. The van der Waals surface area contributed by atoms with Gasteiger partial charge in [0, 0.05) is 36.6 Å². The second-order valence-corrected chi connectivity index (χ2v) is 8.99. The summed E-state index contributed by atoms with van der Waals surface area (Å²) in [5.41, 5.74) is 0.831. The first kappa shape index (κ1) is 21.7. The van der Waals surface area contributed by atoms with Gasteiger partial charge in [0.2, 0.25) is 11.3 Å². The van der Waals surface area contributed by atoms with Crippen molar-refractivity contribution in [1.82, 2.24) is 19.5 Å². The van der Waals surface area contributed by atoms with Gasteiger partial charge in [-0.1, -0.05) is 6.07 Å². The Balaban J connectivity index is 1.46. The molecule has 1 amide bonds. The molecule has 0 aliphatic carbocycles. The predicted octanol–water partition coefficient (Wildman–Crippen LogP) is 2.63. The Kier molecular flexibility index (Phi) is 5.33. The molecular formula is C23H20N6O4S. The maximum Gasteiger partial charge on any atom is 0.341 e. The zero-order valence-corrected chi connectivity index (χ0v) is 19.2. The first-order chi connectivity index (χ1) is 16.3. The summed E-state index contributed by atoms with van der Waals surface area (Å²) in [5.74, 6) is -0.519. The monoisotopic (exact) mass is 476 g/mol. The number of thiazole rings is 1. The maximum atomic E-state index is 12.9. The minimum atomic E-state index is -1.31. The Morgan fingerprint density at radius 2 is 2.00 bits per heavy atom. The van der Waals surface area contributed by atoms with Crippen molar-refractivity contribution in [3.8, 4) is 5.13 Å². The van der Waals surface area contributed by atoms with Crippen molar-refractivity contribution < 1.29 is 14.7 Å². The van der Waals surface area contributed by atoms with Crippen LogP contribution in [0.15, 0.2) is 46.8 Å². The molecule has 4 aromatic rings. The lowest BCUT2D eigenvalue weighted by Gasteiger charge is -2.39. The van der Waals surface area contributed by atoms with Crippen molar-refractivity contribution in [2.75, 3.05) is 23.3 Å². The molecular weight excluding hydrogens is 456 g/mol. The van der Waals surface area contributed by atoms with Gasteiger partial charge >= 0.3 is 5.97 Å². The number of aromatic carboxylic acids is 1. The molecule has 0 aromatic carbocycles. The van der Waals surface area contributed by atoms with Gasteiger partial charge < -0.3 is 15.3 Å². The Bertz CT molecular complexity index is 1490. The molecule has 0 bridgehead atoms. The topological polar surface area (TPSA) is 130 Å². The van der Waals surface area contributed by atoms with E-state index >= 15 is 0 Å². The summed E-state index contributed by atoms with van der Waals surface area (Å²) in [7, 11) is 0. The summed E-state index contributed by atoms with van der Waals surface area (Å²) in [6.07, 6.45) is 2.87. The Morgan fingerprint density at radius 1 is 1.21 bits per heavy atom. The number of carboxylic acids is 1. The molecule has 2 N–H and O–H groups in total. The number of aromatic nitrogens is 4. The number of amides is 1. The fourth-order valence-corrected chi connectivity index (χ4v) is 4.56. The fraction of sp³-hybridized carbons (Fsp3) is 0.217. The SMILES string of the molecule is Cc1cccc(NC(=O)C2CN(c3cc(C)c4c(=O)c(C(=O)O)cn(-c5nccs5)c4n3)C2)n1.